The number of hydrogen-bond acceptors (Lipinski definition) is 4. The molecule has 1 N–H and O–H groups in total. The molecule has 0 saturated heterocycles. The predicted molar refractivity (Wildman–Crippen MR) is 93.4 cm³/mol. The Balaban J connectivity index is 2.26. The van der Waals surface area contributed by atoms with Crippen LogP contribution in [0.1, 0.15) is 16.7 Å². The zero-order chi connectivity index (χ0) is 18.0. The third-order valence-electron chi connectivity index (χ3n) is 3.36. The highest BCUT2D eigenvalue weighted by atomic mass is 35.5. The van der Waals surface area contributed by atoms with Crippen molar-refractivity contribution in [2.45, 2.75) is 20.8 Å². The Kier molecular flexibility index (Phi) is 5.31. The molecule has 0 aliphatic rings. The molecular formula is C16H14Cl2N2O4. The zero-order valence-corrected chi connectivity index (χ0v) is 14.7. The molecule has 8 heteroatoms. The van der Waals surface area contributed by atoms with Gasteiger partial charge in [-0.05, 0) is 49.6 Å². The van der Waals surface area contributed by atoms with Gasteiger partial charge in [0.1, 0.15) is 5.69 Å². The summed E-state index contributed by atoms with van der Waals surface area (Å²) >= 11 is 12.2. The number of nitro benzene ring substituents is 1. The van der Waals surface area contributed by atoms with Crippen LogP contribution in [0.15, 0.2) is 24.3 Å². The highest BCUT2D eigenvalue weighted by Crippen LogP contribution is 2.35. The van der Waals surface area contributed by atoms with Gasteiger partial charge in [0, 0.05) is 11.1 Å². The van der Waals surface area contributed by atoms with Crippen LogP contribution < -0.4 is 10.1 Å². The number of anilines is 1. The number of carbonyl (C=O) groups excluding carboxylic acids is 1. The van der Waals surface area contributed by atoms with E-state index in [9.17, 15) is 14.9 Å². The number of hydrogen-bond donors (Lipinski definition) is 1. The van der Waals surface area contributed by atoms with Crippen molar-refractivity contribution in [3.63, 3.8) is 0 Å². The van der Waals surface area contributed by atoms with E-state index in [1.807, 2.05) is 0 Å². The molecule has 2 aromatic rings. The van der Waals surface area contributed by atoms with Crippen LogP contribution in [-0.2, 0) is 0 Å². The Hall–Kier alpha value is -2.31. The van der Waals surface area contributed by atoms with Gasteiger partial charge in [-0.2, -0.15) is 0 Å². The van der Waals surface area contributed by atoms with Crippen LogP contribution in [0, 0.1) is 30.9 Å². The molecule has 0 fully saturated rings. The summed E-state index contributed by atoms with van der Waals surface area (Å²) in [6.45, 7) is 5.17. The van der Waals surface area contributed by atoms with Gasteiger partial charge in [0.25, 0.3) is 5.69 Å². The van der Waals surface area contributed by atoms with Crippen molar-refractivity contribution in [1.82, 2.24) is 0 Å². The molecule has 0 radical (unpaired) electrons. The Morgan fingerprint density at radius 1 is 1.17 bits per heavy atom. The van der Waals surface area contributed by atoms with Gasteiger partial charge >= 0.3 is 6.09 Å². The number of carbonyl (C=O) groups is 1. The molecule has 0 unspecified atom stereocenters. The largest absolute Gasteiger partial charge is 0.417 e. The Bertz CT molecular complexity index is 837. The molecule has 0 aromatic heterocycles. The van der Waals surface area contributed by atoms with E-state index in [1.165, 1.54) is 18.2 Å². The van der Waals surface area contributed by atoms with E-state index < -0.39 is 11.0 Å². The summed E-state index contributed by atoms with van der Waals surface area (Å²) < 4.78 is 5.17. The fraction of sp³-hybridized carbons (Fsp3) is 0.188. The van der Waals surface area contributed by atoms with Crippen molar-refractivity contribution in [3.05, 3.63) is 61.1 Å². The van der Waals surface area contributed by atoms with Gasteiger partial charge in [-0.3, -0.25) is 15.4 Å². The molecule has 6 nitrogen and oxygen atoms in total. The molecular weight excluding hydrogens is 355 g/mol. The molecule has 2 rings (SSSR count). The molecule has 1 amide bonds. The quantitative estimate of drug-likeness (QED) is 0.577. The van der Waals surface area contributed by atoms with Gasteiger partial charge in [0.05, 0.1) is 9.95 Å². The predicted octanol–water partition coefficient (Wildman–Crippen LogP) is 5.44. The number of rotatable bonds is 3. The molecule has 2 aromatic carbocycles. The fourth-order valence-corrected chi connectivity index (χ4v) is 2.49. The summed E-state index contributed by atoms with van der Waals surface area (Å²) in [5.41, 5.74) is 1.80. The molecule has 0 bridgehead atoms. The standard InChI is InChI=1S/C16H14Cl2N2O4/c1-8-4-5-11(12(6-8)20(22)23)19-16(21)24-13-7-9(2)14(17)10(3)15(13)18/h4-7H,1-3H3,(H,19,21). The van der Waals surface area contributed by atoms with Crippen LogP contribution in [-0.4, -0.2) is 11.0 Å². The SMILES string of the molecule is Cc1ccc(NC(=O)Oc2cc(C)c(Cl)c(C)c2Cl)c([N+](=O)[O-])c1. The third-order valence-corrected chi connectivity index (χ3v) is 4.41. The molecule has 0 atom stereocenters. The summed E-state index contributed by atoms with van der Waals surface area (Å²) in [6, 6.07) is 5.97. The van der Waals surface area contributed by atoms with Gasteiger partial charge in [0.2, 0.25) is 0 Å². The maximum absolute atomic E-state index is 12.1. The smallest absolute Gasteiger partial charge is 0.408 e. The van der Waals surface area contributed by atoms with E-state index in [0.29, 0.717) is 21.7 Å². The molecule has 0 aliphatic carbocycles. The highest BCUT2D eigenvalue weighted by Gasteiger charge is 2.19. The summed E-state index contributed by atoms with van der Waals surface area (Å²) in [7, 11) is 0. The van der Waals surface area contributed by atoms with Crippen LogP contribution in [0.4, 0.5) is 16.2 Å². The monoisotopic (exact) mass is 368 g/mol. The summed E-state index contributed by atoms with van der Waals surface area (Å²) in [5.74, 6) is 0.128. The number of halogens is 2. The van der Waals surface area contributed by atoms with Crippen molar-refractivity contribution in [3.8, 4) is 5.75 Å². The van der Waals surface area contributed by atoms with Crippen molar-refractivity contribution < 1.29 is 14.5 Å². The Labute approximate surface area is 148 Å². The number of nitro groups is 1. The number of aryl methyl sites for hydroxylation is 2. The first-order valence-corrected chi connectivity index (χ1v) is 7.65. The first-order valence-electron chi connectivity index (χ1n) is 6.89. The average Bonchev–Trinajstić information content (AvgIpc) is 2.52. The van der Waals surface area contributed by atoms with Crippen LogP contribution in [0.5, 0.6) is 5.75 Å². The van der Waals surface area contributed by atoms with E-state index >= 15 is 0 Å². The van der Waals surface area contributed by atoms with Crippen LogP contribution in [0.3, 0.4) is 0 Å². The molecule has 0 aliphatic heterocycles. The topological polar surface area (TPSA) is 81.5 Å². The number of amides is 1. The van der Waals surface area contributed by atoms with E-state index in [0.717, 1.165) is 0 Å². The van der Waals surface area contributed by atoms with Crippen molar-refractivity contribution in [2.75, 3.05) is 5.32 Å². The van der Waals surface area contributed by atoms with Gasteiger partial charge in [-0.15, -0.1) is 0 Å². The molecule has 126 valence electrons. The lowest BCUT2D eigenvalue weighted by molar-refractivity contribution is -0.384. The molecule has 0 spiro atoms. The van der Waals surface area contributed by atoms with Crippen LogP contribution in [0.2, 0.25) is 10.0 Å². The first kappa shape index (κ1) is 18.0. The number of benzene rings is 2. The van der Waals surface area contributed by atoms with Gasteiger partial charge in [0.15, 0.2) is 5.75 Å². The zero-order valence-electron chi connectivity index (χ0n) is 13.1. The number of nitrogens with one attached hydrogen (secondary N) is 1. The Morgan fingerprint density at radius 2 is 1.83 bits per heavy atom. The van der Waals surface area contributed by atoms with Crippen molar-refractivity contribution in [2.24, 2.45) is 0 Å². The minimum absolute atomic E-state index is 0.0362. The summed E-state index contributed by atoms with van der Waals surface area (Å²) in [4.78, 5) is 22.5. The molecule has 24 heavy (non-hydrogen) atoms. The fourth-order valence-electron chi connectivity index (χ4n) is 2.11. The van der Waals surface area contributed by atoms with Crippen molar-refractivity contribution in [1.29, 1.82) is 0 Å². The lowest BCUT2D eigenvalue weighted by Gasteiger charge is -2.12. The molecule has 0 saturated carbocycles. The molecule has 0 heterocycles. The van der Waals surface area contributed by atoms with Gasteiger partial charge in [-0.1, -0.05) is 29.3 Å². The maximum atomic E-state index is 12.1. The highest BCUT2D eigenvalue weighted by molar-refractivity contribution is 6.37. The minimum Gasteiger partial charge on any atom is -0.408 e. The van der Waals surface area contributed by atoms with Crippen LogP contribution in [0.25, 0.3) is 0 Å². The van der Waals surface area contributed by atoms with E-state index in [-0.39, 0.29) is 22.1 Å². The van der Waals surface area contributed by atoms with Crippen molar-refractivity contribution >= 4 is 40.7 Å². The van der Waals surface area contributed by atoms with Gasteiger partial charge < -0.3 is 4.74 Å². The van der Waals surface area contributed by atoms with Gasteiger partial charge in [-0.25, -0.2) is 4.79 Å². The van der Waals surface area contributed by atoms with E-state index in [4.69, 9.17) is 27.9 Å². The second-order valence-corrected chi connectivity index (χ2v) is 5.99. The summed E-state index contributed by atoms with van der Waals surface area (Å²) in [6.07, 6.45) is -0.884. The first-order chi connectivity index (χ1) is 11.2. The average molecular weight is 369 g/mol. The van der Waals surface area contributed by atoms with E-state index in [1.54, 1.807) is 26.8 Å². The third kappa shape index (κ3) is 3.77. The number of nitrogens with zero attached hydrogens (tertiary/aromatic N) is 1. The van der Waals surface area contributed by atoms with Crippen LogP contribution >= 0.6 is 23.2 Å². The maximum Gasteiger partial charge on any atom is 0.417 e. The Morgan fingerprint density at radius 3 is 2.46 bits per heavy atom. The minimum atomic E-state index is -0.884. The second-order valence-electron chi connectivity index (χ2n) is 5.24. The lowest BCUT2D eigenvalue weighted by atomic mass is 10.1. The van der Waals surface area contributed by atoms with E-state index in [2.05, 4.69) is 5.32 Å². The summed E-state index contributed by atoms with van der Waals surface area (Å²) in [5, 5.41) is 14.1. The second kappa shape index (κ2) is 7.07. The lowest BCUT2D eigenvalue weighted by Crippen LogP contribution is -2.18. The number of ether oxygens (including phenoxy) is 1. The normalized spacial score (nSPS) is 10.4.